The van der Waals surface area contributed by atoms with E-state index < -0.39 is 22.2 Å². The van der Waals surface area contributed by atoms with Crippen molar-refractivity contribution in [3.63, 3.8) is 0 Å². The number of nitrogens with one attached hydrogen (secondary N) is 1. The Labute approximate surface area is 123 Å². The summed E-state index contributed by atoms with van der Waals surface area (Å²) in [4.78, 5) is 13.0. The maximum Gasteiger partial charge on any atom is 0.248 e. The molecule has 8 heteroatoms. The van der Waals surface area contributed by atoms with Crippen molar-refractivity contribution in [1.29, 1.82) is 0 Å². The standard InChI is InChI=1S/C13H18N2O5S/c1-15-11(7-16)13(20-8-12(15)17)9-3-5-10(6-4-9)14-21(2,18)19/h3-6,11,13-14,16H,7-8H2,1-2H3/t11-,13-/m1/s1. The first kappa shape index (κ1) is 15.7. The van der Waals surface area contributed by atoms with Gasteiger partial charge in [0, 0.05) is 12.7 Å². The first-order valence-corrected chi connectivity index (χ1v) is 8.27. The van der Waals surface area contributed by atoms with Gasteiger partial charge in [-0.15, -0.1) is 0 Å². The van der Waals surface area contributed by atoms with Crippen LogP contribution in [-0.2, 0) is 19.6 Å². The van der Waals surface area contributed by atoms with Gasteiger partial charge in [-0.05, 0) is 17.7 Å². The quantitative estimate of drug-likeness (QED) is 0.812. The van der Waals surface area contributed by atoms with Crippen LogP contribution in [0.2, 0.25) is 0 Å². The Balaban J connectivity index is 2.19. The smallest absolute Gasteiger partial charge is 0.248 e. The molecule has 1 aliphatic heterocycles. The summed E-state index contributed by atoms with van der Waals surface area (Å²) in [6.45, 7) is -0.253. The van der Waals surface area contributed by atoms with E-state index in [9.17, 15) is 18.3 Å². The lowest BCUT2D eigenvalue weighted by atomic mass is 10.00. The first-order chi connectivity index (χ1) is 9.81. The van der Waals surface area contributed by atoms with E-state index in [1.807, 2.05) is 0 Å². The molecule has 116 valence electrons. The fourth-order valence-corrected chi connectivity index (χ4v) is 2.82. The molecule has 21 heavy (non-hydrogen) atoms. The number of carbonyl (C=O) groups excluding carboxylic acids is 1. The molecule has 1 aliphatic rings. The third kappa shape index (κ3) is 3.72. The molecule has 1 amide bonds. The van der Waals surface area contributed by atoms with Gasteiger partial charge in [0.2, 0.25) is 15.9 Å². The zero-order valence-corrected chi connectivity index (χ0v) is 12.6. The second-order valence-electron chi connectivity index (χ2n) is 4.98. The minimum atomic E-state index is -3.32. The number of anilines is 1. The summed E-state index contributed by atoms with van der Waals surface area (Å²) in [5.74, 6) is -0.180. The average Bonchev–Trinajstić information content (AvgIpc) is 2.41. The topological polar surface area (TPSA) is 95.9 Å². The molecule has 2 atom stereocenters. The highest BCUT2D eigenvalue weighted by atomic mass is 32.2. The van der Waals surface area contributed by atoms with Crippen LogP contribution >= 0.6 is 0 Å². The molecule has 0 aromatic heterocycles. The zero-order chi connectivity index (χ0) is 15.6. The number of hydrogen-bond acceptors (Lipinski definition) is 5. The van der Waals surface area contributed by atoms with Gasteiger partial charge in [-0.1, -0.05) is 12.1 Å². The molecule has 1 fully saturated rings. The molecular weight excluding hydrogens is 296 g/mol. The van der Waals surface area contributed by atoms with Crippen molar-refractivity contribution in [3.8, 4) is 0 Å². The summed E-state index contributed by atoms with van der Waals surface area (Å²) in [6.07, 6.45) is 0.637. The molecular formula is C13H18N2O5S. The molecule has 1 aromatic carbocycles. The number of hydrogen-bond donors (Lipinski definition) is 2. The van der Waals surface area contributed by atoms with Crippen LogP contribution in [0.3, 0.4) is 0 Å². The lowest BCUT2D eigenvalue weighted by molar-refractivity contribution is -0.157. The Kier molecular flexibility index (Phi) is 4.50. The lowest BCUT2D eigenvalue weighted by Crippen LogP contribution is -2.50. The van der Waals surface area contributed by atoms with Gasteiger partial charge in [0.1, 0.15) is 12.7 Å². The first-order valence-electron chi connectivity index (χ1n) is 6.37. The maximum absolute atomic E-state index is 11.6. The fraction of sp³-hybridized carbons (Fsp3) is 0.462. The molecule has 0 aliphatic carbocycles. The van der Waals surface area contributed by atoms with Crippen molar-refractivity contribution >= 4 is 21.6 Å². The molecule has 0 spiro atoms. The highest BCUT2D eigenvalue weighted by molar-refractivity contribution is 7.92. The van der Waals surface area contributed by atoms with Crippen molar-refractivity contribution in [2.45, 2.75) is 12.1 Å². The van der Waals surface area contributed by atoms with Crippen LogP contribution < -0.4 is 4.72 Å². The Hall–Kier alpha value is -1.64. The van der Waals surface area contributed by atoms with Crippen LogP contribution in [0.1, 0.15) is 11.7 Å². The summed E-state index contributed by atoms with van der Waals surface area (Å²) in [7, 11) is -1.70. The summed E-state index contributed by atoms with van der Waals surface area (Å²) >= 11 is 0. The molecule has 2 N–H and O–H groups in total. The number of amides is 1. The van der Waals surface area contributed by atoms with Crippen molar-refractivity contribution in [2.24, 2.45) is 0 Å². The Morgan fingerprint density at radius 2 is 2.00 bits per heavy atom. The van der Waals surface area contributed by atoms with Gasteiger partial charge in [0.25, 0.3) is 0 Å². The minimum Gasteiger partial charge on any atom is -0.394 e. The number of rotatable bonds is 4. The number of carbonyl (C=O) groups is 1. The number of ether oxygens (including phenoxy) is 1. The zero-order valence-electron chi connectivity index (χ0n) is 11.8. The molecule has 0 saturated carbocycles. The van der Waals surface area contributed by atoms with E-state index in [1.54, 1.807) is 31.3 Å². The van der Waals surface area contributed by atoms with Gasteiger partial charge in [-0.2, -0.15) is 0 Å². The molecule has 1 saturated heterocycles. The van der Waals surface area contributed by atoms with Crippen LogP contribution in [0.5, 0.6) is 0 Å². The third-order valence-corrected chi connectivity index (χ3v) is 3.96. The largest absolute Gasteiger partial charge is 0.394 e. The number of sulfonamides is 1. The molecule has 1 aromatic rings. The van der Waals surface area contributed by atoms with E-state index in [2.05, 4.69) is 4.72 Å². The fourth-order valence-electron chi connectivity index (χ4n) is 2.25. The van der Waals surface area contributed by atoms with Gasteiger partial charge in [0.05, 0.1) is 18.9 Å². The number of nitrogens with zero attached hydrogens (tertiary/aromatic N) is 1. The monoisotopic (exact) mass is 314 g/mol. The lowest BCUT2D eigenvalue weighted by Gasteiger charge is -2.38. The predicted octanol–water partition coefficient (Wildman–Crippen LogP) is -0.0513. The number of morpholine rings is 1. The number of aliphatic hydroxyl groups is 1. The molecule has 2 rings (SSSR count). The Morgan fingerprint density at radius 3 is 2.52 bits per heavy atom. The second kappa shape index (κ2) is 6.00. The van der Waals surface area contributed by atoms with Crippen LogP contribution in [-0.4, -0.2) is 56.9 Å². The highest BCUT2D eigenvalue weighted by Crippen LogP contribution is 2.29. The van der Waals surface area contributed by atoms with Crippen LogP contribution in [0, 0.1) is 0 Å². The summed E-state index contributed by atoms with van der Waals surface area (Å²) in [6, 6.07) is 6.20. The highest BCUT2D eigenvalue weighted by Gasteiger charge is 2.34. The van der Waals surface area contributed by atoms with E-state index in [-0.39, 0.29) is 19.1 Å². The van der Waals surface area contributed by atoms with Gasteiger partial charge >= 0.3 is 0 Å². The molecule has 0 bridgehead atoms. The van der Waals surface area contributed by atoms with E-state index in [1.165, 1.54) is 4.90 Å². The Morgan fingerprint density at radius 1 is 1.38 bits per heavy atom. The minimum absolute atomic E-state index is 0.0407. The van der Waals surface area contributed by atoms with Crippen LogP contribution in [0.4, 0.5) is 5.69 Å². The van der Waals surface area contributed by atoms with E-state index in [0.29, 0.717) is 5.69 Å². The van der Waals surface area contributed by atoms with Crippen molar-refractivity contribution in [3.05, 3.63) is 29.8 Å². The third-order valence-electron chi connectivity index (χ3n) is 3.36. The molecule has 1 heterocycles. The van der Waals surface area contributed by atoms with Gasteiger partial charge in [-0.3, -0.25) is 9.52 Å². The molecule has 7 nitrogen and oxygen atoms in total. The molecule has 0 unspecified atom stereocenters. The molecule has 0 radical (unpaired) electrons. The van der Waals surface area contributed by atoms with E-state index in [0.717, 1.165) is 11.8 Å². The van der Waals surface area contributed by atoms with Gasteiger partial charge in [-0.25, -0.2) is 8.42 Å². The van der Waals surface area contributed by atoms with Crippen LogP contribution in [0.25, 0.3) is 0 Å². The summed E-state index contributed by atoms with van der Waals surface area (Å²) < 4.78 is 30.2. The van der Waals surface area contributed by atoms with E-state index in [4.69, 9.17) is 4.74 Å². The van der Waals surface area contributed by atoms with Gasteiger partial charge < -0.3 is 14.7 Å². The number of likely N-dealkylation sites (N-methyl/N-ethyl adjacent to an activating group) is 1. The van der Waals surface area contributed by atoms with E-state index >= 15 is 0 Å². The summed E-state index contributed by atoms with van der Waals surface area (Å²) in [5.41, 5.74) is 1.22. The van der Waals surface area contributed by atoms with Crippen LogP contribution in [0.15, 0.2) is 24.3 Å². The van der Waals surface area contributed by atoms with Crippen molar-refractivity contribution < 1.29 is 23.1 Å². The maximum atomic E-state index is 11.6. The SMILES string of the molecule is CN1C(=O)CO[C@H](c2ccc(NS(C)(=O)=O)cc2)[C@H]1CO. The predicted molar refractivity (Wildman–Crippen MR) is 77.2 cm³/mol. The number of aliphatic hydroxyl groups excluding tert-OH is 1. The Bertz CT molecular complexity index is 614. The average molecular weight is 314 g/mol. The van der Waals surface area contributed by atoms with Crippen molar-refractivity contribution in [1.82, 2.24) is 4.90 Å². The second-order valence-corrected chi connectivity index (χ2v) is 6.73. The van der Waals surface area contributed by atoms with Gasteiger partial charge in [0.15, 0.2) is 0 Å². The normalized spacial score (nSPS) is 23.2. The number of benzene rings is 1. The summed E-state index contributed by atoms with van der Waals surface area (Å²) in [5, 5.41) is 9.45. The van der Waals surface area contributed by atoms with Crippen molar-refractivity contribution in [2.75, 3.05) is 31.2 Å².